The van der Waals surface area contributed by atoms with E-state index in [1.807, 2.05) is 48.7 Å². The van der Waals surface area contributed by atoms with Gasteiger partial charge in [-0.3, -0.25) is 4.79 Å². The van der Waals surface area contributed by atoms with Crippen LogP contribution in [0.1, 0.15) is 21.7 Å². The molecule has 2 heterocycles. The number of hydrogen-bond acceptors (Lipinski definition) is 3. The fourth-order valence-electron chi connectivity index (χ4n) is 1.98. The number of aryl methyl sites for hydroxylation is 1. The van der Waals surface area contributed by atoms with Gasteiger partial charge in [0.25, 0.3) is 0 Å². The SMILES string of the molecule is Cc1cccc(C(=O)c2cccc3ccsc23)n1. The van der Waals surface area contributed by atoms with Crippen molar-refractivity contribution in [3.05, 3.63) is 64.8 Å². The monoisotopic (exact) mass is 253 g/mol. The van der Waals surface area contributed by atoms with Gasteiger partial charge in [0.1, 0.15) is 5.69 Å². The molecule has 0 saturated heterocycles. The van der Waals surface area contributed by atoms with Gasteiger partial charge in [-0.2, -0.15) is 0 Å². The maximum atomic E-state index is 12.5. The predicted molar refractivity (Wildman–Crippen MR) is 74.2 cm³/mol. The standard InChI is InChI=1S/C15H11NOS/c1-10-4-2-7-13(16-10)14(17)12-6-3-5-11-8-9-18-15(11)12/h2-9H,1H3. The lowest BCUT2D eigenvalue weighted by molar-refractivity contribution is 0.103. The van der Waals surface area contributed by atoms with Gasteiger partial charge in [-0.25, -0.2) is 4.98 Å². The zero-order valence-electron chi connectivity index (χ0n) is 9.88. The molecule has 18 heavy (non-hydrogen) atoms. The number of carbonyl (C=O) groups is 1. The highest BCUT2D eigenvalue weighted by Gasteiger charge is 2.14. The molecule has 0 saturated carbocycles. The molecule has 2 aromatic heterocycles. The van der Waals surface area contributed by atoms with Crippen molar-refractivity contribution in [2.75, 3.05) is 0 Å². The second-order valence-corrected chi connectivity index (χ2v) is 5.05. The van der Waals surface area contributed by atoms with E-state index < -0.39 is 0 Å². The molecule has 0 radical (unpaired) electrons. The Balaban J connectivity index is 2.15. The van der Waals surface area contributed by atoms with Crippen LogP contribution in [0.2, 0.25) is 0 Å². The lowest BCUT2D eigenvalue weighted by Gasteiger charge is -2.02. The summed E-state index contributed by atoms with van der Waals surface area (Å²) in [6, 6.07) is 13.4. The number of rotatable bonds is 2. The molecule has 0 aliphatic heterocycles. The summed E-state index contributed by atoms with van der Waals surface area (Å²) >= 11 is 1.59. The van der Waals surface area contributed by atoms with Crippen molar-refractivity contribution in [1.82, 2.24) is 4.98 Å². The Kier molecular flexibility index (Phi) is 2.68. The first kappa shape index (κ1) is 11.1. The molecule has 0 fully saturated rings. The number of pyridine rings is 1. The molecule has 2 nitrogen and oxygen atoms in total. The number of nitrogens with zero attached hydrogens (tertiary/aromatic N) is 1. The third kappa shape index (κ3) is 1.83. The molecule has 0 aliphatic carbocycles. The van der Waals surface area contributed by atoms with Crippen molar-refractivity contribution < 1.29 is 4.79 Å². The average molecular weight is 253 g/mol. The Morgan fingerprint density at radius 2 is 1.94 bits per heavy atom. The number of hydrogen-bond donors (Lipinski definition) is 0. The molecule has 0 unspecified atom stereocenters. The number of ketones is 1. The van der Waals surface area contributed by atoms with Gasteiger partial charge in [-0.1, -0.05) is 18.2 Å². The summed E-state index contributed by atoms with van der Waals surface area (Å²) in [5.74, 6) is -0.00764. The largest absolute Gasteiger partial charge is 0.287 e. The summed E-state index contributed by atoms with van der Waals surface area (Å²) in [5.41, 5.74) is 2.11. The van der Waals surface area contributed by atoms with Gasteiger partial charge < -0.3 is 0 Å². The van der Waals surface area contributed by atoms with Gasteiger partial charge in [0, 0.05) is 16.0 Å². The van der Waals surface area contributed by atoms with E-state index in [1.165, 1.54) is 0 Å². The van der Waals surface area contributed by atoms with E-state index in [0.29, 0.717) is 5.69 Å². The molecule has 1 aromatic carbocycles. The first-order valence-electron chi connectivity index (χ1n) is 5.70. The Bertz CT molecular complexity index is 730. The van der Waals surface area contributed by atoms with Gasteiger partial charge in [-0.05, 0) is 42.0 Å². The quantitative estimate of drug-likeness (QED) is 0.649. The molecule has 3 rings (SSSR count). The normalized spacial score (nSPS) is 10.7. The van der Waals surface area contributed by atoms with Crippen molar-refractivity contribution in [3.63, 3.8) is 0 Å². The molecular weight excluding hydrogens is 242 g/mol. The topological polar surface area (TPSA) is 30.0 Å². The summed E-state index contributed by atoms with van der Waals surface area (Å²) in [6.07, 6.45) is 0. The van der Waals surface area contributed by atoms with Gasteiger partial charge in [0.2, 0.25) is 5.78 Å². The maximum Gasteiger partial charge on any atom is 0.212 e. The van der Waals surface area contributed by atoms with Crippen molar-refractivity contribution in [3.8, 4) is 0 Å². The maximum absolute atomic E-state index is 12.5. The van der Waals surface area contributed by atoms with Gasteiger partial charge in [0.15, 0.2) is 0 Å². The van der Waals surface area contributed by atoms with Crippen LogP contribution < -0.4 is 0 Å². The number of thiophene rings is 1. The van der Waals surface area contributed by atoms with E-state index in [0.717, 1.165) is 21.3 Å². The molecule has 3 aromatic rings. The summed E-state index contributed by atoms with van der Waals surface area (Å²) in [6.45, 7) is 1.89. The lowest BCUT2D eigenvalue weighted by Crippen LogP contribution is -2.04. The molecule has 0 aliphatic rings. The molecule has 0 spiro atoms. The van der Waals surface area contributed by atoms with Crippen LogP contribution in [0.3, 0.4) is 0 Å². The molecular formula is C15H11NOS. The highest BCUT2D eigenvalue weighted by Crippen LogP contribution is 2.26. The zero-order chi connectivity index (χ0) is 12.5. The Morgan fingerprint density at radius 3 is 2.78 bits per heavy atom. The van der Waals surface area contributed by atoms with Gasteiger partial charge in [0.05, 0.1) is 0 Å². The van der Waals surface area contributed by atoms with Crippen molar-refractivity contribution >= 4 is 27.2 Å². The fraction of sp³-hybridized carbons (Fsp3) is 0.0667. The van der Waals surface area contributed by atoms with Gasteiger partial charge in [-0.15, -0.1) is 11.3 Å². The van der Waals surface area contributed by atoms with Crippen molar-refractivity contribution in [1.29, 1.82) is 0 Å². The molecule has 0 bridgehead atoms. The lowest BCUT2D eigenvalue weighted by atomic mass is 10.1. The van der Waals surface area contributed by atoms with Crippen molar-refractivity contribution in [2.24, 2.45) is 0 Å². The van der Waals surface area contributed by atoms with E-state index in [1.54, 1.807) is 17.4 Å². The van der Waals surface area contributed by atoms with E-state index in [2.05, 4.69) is 4.98 Å². The van der Waals surface area contributed by atoms with Crippen LogP contribution in [0, 0.1) is 6.92 Å². The zero-order valence-corrected chi connectivity index (χ0v) is 10.7. The van der Waals surface area contributed by atoms with Crippen LogP contribution in [0.15, 0.2) is 47.8 Å². The summed E-state index contributed by atoms with van der Waals surface area (Å²) in [5, 5.41) is 3.11. The molecule has 3 heteroatoms. The molecule has 88 valence electrons. The van der Waals surface area contributed by atoms with E-state index in [4.69, 9.17) is 0 Å². The number of aromatic nitrogens is 1. The van der Waals surface area contributed by atoms with Crippen LogP contribution >= 0.6 is 11.3 Å². The predicted octanol–water partition coefficient (Wildman–Crippen LogP) is 3.84. The fourth-order valence-corrected chi connectivity index (χ4v) is 2.89. The second kappa shape index (κ2) is 4.35. The summed E-state index contributed by atoms with van der Waals surface area (Å²) in [7, 11) is 0. The molecule has 0 N–H and O–H groups in total. The van der Waals surface area contributed by atoms with E-state index >= 15 is 0 Å². The molecule has 0 atom stereocenters. The number of carbonyl (C=O) groups excluding carboxylic acids is 1. The first-order chi connectivity index (χ1) is 8.75. The minimum atomic E-state index is -0.00764. The Hall–Kier alpha value is -2.00. The third-order valence-corrected chi connectivity index (χ3v) is 3.81. The Labute approximate surface area is 109 Å². The number of fused-ring (bicyclic) bond motifs is 1. The van der Waals surface area contributed by atoms with Crippen molar-refractivity contribution in [2.45, 2.75) is 6.92 Å². The number of benzene rings is 1. The highest BCUT2D eigenvalue weighted by molar-refractivity contribution is 7.17. The third-order valence-electron chi connectivity index (χ3n) is 2.84. The van der Waals surface area contributed by atoms with Crippen LogP contribution in [0.4, 0.5) is 0 Å². The van der Waals surface area contributed by atoms with Gasteiger partial charge >= 0.3 is 0 Å². The van der Waals surface area contributed by atoms with Crippen LogP contribution in [-0.4, -0.2) is 10.8 Å². The average Bonchev–Trinajstić information content (AvgIpc) is 2.86. The van der Waals surface area contributed by atoms with Crippen LogP contribution in [0.25, 0.3) is 10.1 Å². The second-order valence-electron chi connectivity index (χ2n) is 4.14. The minimum Gasteiger partial charge on any atom is -0.287 e. The highest BCUT2D eigenvalue weighted by atomic mass is 32.1. The smallest absolute Gasteiger partial charge is 0.212 e. The summed E-state index contributed by atoms with van der Waals surface area (Å²) < 4.78 is 1.03. The van der Waals surface area contributed by atoms with E-state index in [9.17, 15) is 4.79 Å². The van der Waals surface area contributed by atoms with E-state index in [-0.39, 0.29) is 5.78 Å². The summed E-state index contributed by atoms with van der Waals surface area (Å²) in [4.78, 5) is 16.8. The van der Waals surface area contributed by atoms with Crippen LogP contribution in [-0.2, 0) is 0 Å². The van der Waals surface area contributed by atoms with Crippen LogP contribution in [0.5, 0.6) is 0 Å². The Morgan fingerprint density at radius 1 is 1.11 bits per heavy atom. The molecule has 0 amide bonds. The minimum absolute atomic E-state index is 0.00764. The first-order valence-corrected chi connectivity index (χ1v) is 6.58.